The van der Waals surface area contributed by atoms with Gasteiger partial charge in [0.25, 0.3) is 5.91 Å². The summed E-state index contributed by atoms with van der Waals surface area (Å²) in [6, 6.07) is 2.31. The van der Waals surface area contributed by atoms with Crippen LogP contribution in [0.25, 0.3) is 0 Å². The molecule has 2 rings (SSSR count). The molecule has 4 heteroatoms. The standard InChI is InChI=1S/C14H23N3O/c1-3-7-11-10-13(16-15-11)14(18)17-9-6-5-8-12(17)4-2/h10,12H,3-9H2,1-2H3,(H,15,16)/t12-/m0/s1. The predicted octanol–water partition coefficient (Wildman–Crippen LogP) is 2.77. The van der Waals surface area contributed by atoms with Crippen molar-refractivity contribution in [3.05, 3.63) is 17.5 Å². The van der Waals surface area contributed by atoms with Crippen molar-refractivity contribution < 1.29 is 4.79 Å². The molecule has 1 aromatic heterocycles. The Morgan fingerprint density at radius 3 is 3.06 bits per heavy atom. The minimum absolute atomic E-state index is 0.0974. The first-order valence-electron chi connectivity index (χ1n) is 7.11. The number of amides is 1. The van der Waals surface area contributed by atoms with Crippen LogP contribution in [0.5, 0.6) is 0 Å². The molecule has 0 aromatic carbocycles. The molecule has 100 valence electrons. The number of nitrogens with zero attached hydrogens (tertiary/aromatic N) is 2. The van der Waals surface area contributed by atoms with E-state index in [1.807, 2.05) is 11.0 Å². The van der Waals surface area contributed by atoms with E-state index in [1.54, 1.807) is 0 Å². The molecular weight excluding hydrogens is 226 g/mol. The Kier molecular flexibility index (Phi) is 4.39. The van der Waals surface area contributed by atoms with Crippen LogP contribution in [0.15, 0.2) is 6.07 Å². The molecule has 2 heterocycles. The van der Waals surface area contributed by atoms with E-state index in [0.717, 1.165) is 44.3 Å². The summed E-state index contributed by atoms with van der Waals surface area (Å²) in [5, 5.41) is 7.12. The van der Waals surface area contributed by atoms with E-state index in [-0.39, 0.29) is 5.91 Å². The molecular formula is C14H23N3O. The number of rotatable bonds is 4. The van der Waals surface area contributed by atoms with Gasteiger partial charge < -0.3 is 4.90 Å². The van der Waals surface area contributed by atoms with Gasteiger partial charge in [0.2, 0.25) is 0 Å². The fourth-order valence-electron chi connectivity index (χ4n) is 2.71. The Balaban J connectivity index is 2.08. The maximum Gasteiger partial charge on any atom is 0.274 e. The molecule has 1 aliphatic rings. The molecule has 0 radical (unpaired) electrons. The number of nitrogens with one attached hydrogen (secondary N) is 1. The van der Waals surface area contributed by atoms with Crippen molar-refractivity contribution in [2.24, 2.45) is 0 Å². The quantitative estimate of drug-likeness (QED) is 0.892. The lowest BCUT2D eigenvalue weighted by Gasteiger charge is -2.34. The molecule has 0 bridgehead atoms. The van der Waals surface area contributed by atoms with Crippen LogP contribution in [0.3, 0.4) is 0 Å². The number of aromatic amines is 1. The lowest BCUT2D eigenvalue weighted by atomic mass is 9.99. The topological polar surface area (TPSA) is 49.0 Å². The fraction of sp³-hybridized carbons (Fsp3) is 0.714. The highest BCUT2D eigenvalue weighted by Gasteiger charge is 2.27. The number of piperidine rings is 1. The molecule has 1 atom stereocenters. The van der Waals surface area contributed by atoms with Gasteiger partial charge in [0, 0.05) is 18.3 Å². The van der Waals surface area contributed by atoms with Gasteiger partial charge in [0.1, 0.15) is 5.69 Å². The normalized spacial score (nSPS) is 20.1. The number of H-pyrrole nitrogens is 1. The Bertz CT molecular complexity index is 399. The van der Waals surface area contributed by atoms with Crippen LogP contribution >= 0.6 is 0 Å². The van der Waals surface area contributed by atoms with E-state index in [1.165, 1.54) is 6.42 Å². The number of carbonyl (C=O) groups is 1. The first-order valence-corrected chi connectivity index (χ1v) is 7.11. The number of hydrogen-bond donors (Lipinski definition) is 1. The minimum Gasteiger partial charge on any atom is -0.334 e. The molecule has 1 aliphatic heterocycles. The van der Waals surface area contributed by atoms with E-state index in [4.69, 9.17) is 0 Å². The third kappa shape index (κ3) is 2.74. The number of aryl methyl sites for hydroxylation is 1. The summed E-state index contributed by atoms with van der Waals surface area (Å²) in [6.07, 6.45) is 6.56. The van der Waals surface area contributed by atoms with Crippen molar-refractivity contribution in [3.63, 3.8) is 0 Å². The van der Waals surface area contributed by atoms with E-state index in [9.17, 15) is 4.79 Å². The maximum atomic E-state index is 12.4. The van der Waals surface area contributed by atoms with Gasteiger partial charge in [-0.15, -0.1) is 0 Å². The molecule has 1 saturated heterocycles. The molecule has 0 unspecified atom stereocenters. The number of likely N-dealkylation sites (tertiary alicyclic amines) is 1. The zero-order chi connectivity index (χ0) is 13.0. The monoisotopic (exact) mass is 249 g/mol. The SMILES string of the molecule is CCCc1cc(C(=O)N2CCCC[C@@H]2CC)n[nH]1. The van der Waals surface area contributed by atoms with Gasteiger partial charge in [-0.2, -0.15) is 5.10 Å². The van der Waals surface area contributed by atoms with E-state index in [0.29, 0.717) is 11.7 Å². The highest BCUT2D eigenvalue weighted by molar-refractivity contribution is 5.92. The van der Waals surface area contributed by atoms with Crippen molar-refractivity contribution in [1.29, 1.82) is 0 Å². The predicted molar refractivity (Wildman–Crippen MR) is 71.5 cm³/mol. The first kappa shape index (κ1) is 13.1. The van der Waals surface area contributed by atoms with Crippen molar-refractivity contribution in [3.8, 4) is 0 Å². The van der Waals surface area contributed by atoms with Crippen molar-refractivity contribution in [2.45, 2.75) is 58.4 Å². The second kappa shape index (κ2) is 6.03. The lowest BCUT2D eigenvalue weighted by Crippen LogP contribution is -2.43. The average molecular weight is 249 g/mol. The molecule has 18 heavy (non-hydrogen) atoms. The van der Waals surface area contributed by atoms with Crippen LogP contribution in [-0.4, -0.2) is 33.6 Å². The fourth-order valence-corrected chi connectivity index (χ4v) is 2.71. The summed E-state index contributed by atoms with van der Waals surface area (Å²) in [7, 11) is 0. The summed E-state index contributed by atoms with van der Waals surface area (Å²) in [5.41, 5.74) is 1.64. The molecule has 0 saturated carbocycles. The van der Waals surface area contributed by atoms with Crippen LogP contribution in [0.4, 0.5) is 0 Å². The van der Waals surface area contributed by atoms with E-state index < -0.39 is 0 Å². The summed E-state index contributed by atoms with van der Waals surface area (Å²) in [5.74, 6) is 0.0974. The first-order chi connectivity index (χ1) is 8.76. The Hall–Kier alpha value is -1.32. The van der Waals surface area contributed by atoms with Gasteiger partial charge in [-0.05, 0) is 38.2 Å². The maximum absolute atomic E-state index is 12.4. The Labute approximate surface area is 109 Å². The zero-order valence-corrected chi connectivity index (χ0v) is 11.4. The molecule has 0 spiro atoms. The highest BCUT2D eigenvalue weighted by Crippen LogP contribution is 2.21. The lowest BCUT2D eigenvalue weighted by molar-refractivity contribution is 0.0602. The summed E-state index contributed by atoms with van der Waals surface area (Å²) in [6.45, 7) is 5.16. The Morgan fingerprint density at radius 2 is 2.33 bits per heavy atom. The van der Waals surface area contributed by atoms with Crippen molar-refractivity contribution in [1.82, 2.24) is 15.1 Å². The molecule has 0 aliphatic carbocycles. The van der Waals surface area contributed by atoms with Gasteiger partial charge in [0.15, 0.2) is 0 Å². The molecule has 1 N–H and O–H groups in total. The Morgan fingerprint density at radius 1 is 1.50 bits per heavy atom. The molecule has 1 amide bonds. The number of hydrogen-bond acceptors (Lipinski definition) is 2. The van der Waals surface area contributed by atoms with Gasteiger partial charge in [-0.3, -0.25) is 9.89 Å². The zero-order valence-electron chi connectivity index (χ0n) is 11.4. The largest absolute Gasteiger partial charge is 0.334 e. The van der Waals surface area contributed by atoms with Gasteiger partial charge >= 0.3 is 0 Å². The summed E-state index contributed by atoms with van der Waals surface area (Å²) < 4.78 is 0. The van der Waals surface area contributed by atoms with Gasteiger partial charge in [-0.1, -0.05) is 20.3 Å². The highest BCUT2D eigenvalue weighted by atomic mass is 16.2. The second-order valence-corrected chi connectivity index (χ2v) is 5.08. The van der Waals surface area contributed by atoms with E-state index >= 15 is 0 Å². The van der Waals surface area contributed by atoms with Crippen molar-refractivity contribution in [2.75, 3.05) is 6.54 Å². The van der Waals surface area contributed by atoms with Gasteiger partial charge in [0.05, 0.1) is 0 Å². The van der Waals surface area contributed by atoms with Gasteiger partial charge in [-0.25, -0.2) is 0 Å². The molecule has 1 fully saturated rings. The minimum atomic E-state index is 0.0974. The average Bonchev–Trinajstić information content (AvgIpc) is 2.87. The molecule has 1 aromatic rings. The second-order valence-electron chi connectivity index (χ2n) is 5.08. The number of carbonyl (C=O) groups excluding carboxylic acids is 1. The van der Waals surface area contributed by atoms with Crippen LogP contribution in [0.2, 0.25) is 0 Å². The van der Waals surface area contributed by atoms with Crippen LogP contribution < -0.4 is 0 Å². The van der Waals surface area contributed by atoms with Crippen LogP contribution in [0, 0.1) is 0 Å². The molecule has 4 nitrogen and oxygen atoms in total. The number of aromatic nitrogens is 2. The van der Waals surface area contributed by atoms with Crippen molar-refractivity contribution >= 4 is 5.91 Å². The summed E-state index contributed by atoms with van der Waals surface area (Å²) in [4.78, 5) is 14.4. The summed E-state index contributed by atoms with van der Waals surface area (Å²) >= 11 is 0. The third-order valence-corrected chi connectivity index (χ3v) is 3.73. The van der Waals surface area contributed by atoms with E-state index in [2.05, 4.69) is 24.0 Å². The van der Waals surface area contributed by atoms with Crippen LogP contribution in [-0.2, 0) is 6.42 Å². The third-order valence-electron chi connectivity index (χ3n) is 3.73. The van der Waals surface area contributed by atoms with Crippen LogP contribution in [0.1, 0.15) is 62.1 Å². The smallest absolute Gasteiger partial charge is 0.274 e.